The quantitative estimate of drug-likeness (QED) is 0.0858. The first-order chi connectivity index (χ1) is 34.9. The average molecular weight is 1060 g/mol. The molecule has 3 saturated carbocycles. The summed E-state index contributed by atoms with van der Waals surface area (Å²) in [5.74, 6) is -2.33. The van der Waals surface area contributed by atoms with E-state index in [2.05, 4.69) is 26.5 Å². The molecule has 31 atom stereocenters. The van der Waals surface area contributed by atoms with Crippen molar-refractivity contribution >= 4 is 5.97 Å². The standard InChI is InChI=1S/C51H78O23/c1-18-15-66-51(44(63)40(18)71-46-38(61)35(58)33(56)20(3)67-46)19(2)32-30(74-51)14-27-25-9-8-23-12-24(53)13-31(50(23,7)26(25)10-11-49(27,32)6)70-48-43(73-47-39(62)36(59)41(21(4)68-47)69-22(5)52)42(29(55)17-65-48)72-45-37(60)34(57)28(54)16-64-45/h8,19-21,24-48,53-63H,1,9-17H2,2-7H3. The number of carbonyl (C=O) groups excluding carboxylic acids is 1. The normalized spacial score (nSPS) is 56.4. The Balaban J connectivity index is 0.897. The van der Waals surface area contributed by atoms with Gasteiger partial charge in [-0.15, -0.1) is 0 Å². The first-order valence-corrected chi connectivity index (χ1v) is 26.4. The van der Waals surface area contributed by atoms with Gasteiger partial charge < -0.3 is 108 Å². The van der Waals surface area contributed by atoms with Gasteiger partial charge in [-0.25, -0.2) is 0 Å². The van der Waals surface area contributed by atoms with E-state index >= 15 is 0 Å². The van der Waals surface area contributed by atoms with E-state index in [1.807, 2.05) is 6.92 Å². The van der Waals surface area contributed by atoms with E-state index in [0.29, 0.717) is 18.4 Å². The predicted octanol–water partition coefficient (Wildman–Crippen LogP) is -2.25. The monoisotopic (exact) mass is 1060 g/mol. The summed E-state index contributed by atoms with van der Waals surface area (Å²) in [6, 6.07) is 0. The lowest BCUT2D eigenvalue weighted by atomic mass is 9.46. The van der Waals surface area contributed by atoms with Crippen molar-refractivity contribution in [3.63, 3.8) is 0 Å². The van der Waals surface area contributed by atoms with E-state index in [1.54, 1.807) is 6.92 Å². The molecule has 1 spiro atoms. The highest BCUT2D eigenvalue weighted by Crippen LogP contribution is 2.71. The number of aliphatic hydroxyl groups is 11. The number of ether oxygens (including phenoxy) is 11. The van der Waals surface area contributed by atoms with Gasteiger partial charge in [-0.1, -0.05) is 39.0 Å². The van der Waals surface area contributed by atoms with Gasteiger partial charge in [0.25, 0.3) is 0 Å². The van der Waals surface area contributed by atoms with Crippen LogP contribution in [0.4, 0.5) is 0 Å². The van der Waals surface area contributed by atoms with Crippen LogP contribution >= 0.6 is 0 Å². The topological polar surface area (TPSA) is 341 Å². The van der Waals surface area contributed by atoms with Crippen LogP contribution in [0.15, 0.2) is 23.8 Å². The molecular weight excluding hydrogens is 981 g/mol. The fourth-order valence-electron chi connectivity index (χ4n) is 15.3. The Morgan fingerprint density at radius 3 is 2.08 bits per heavy atom. The molecule has 6 saturated heterocycles. The lowest BCUT2D eigenvalue weighted by molar-refractivity contribution is -0.382. The van der Waals surface area contributed by atoms with Crippen molar-refractivity contribution in [1.82, 2.24) is 0 Å². The van der Waals surface area contributed by atoms with Gasteiger partial charge in [-0.3, -0.25) is 4.79 Å². The second kappa shape index (κ2) is 20.6. The maximum absolute atomic E-state index is 12.2. The molecule has 4 aliphatic carbocycles. The van der Waals surface area contributed by atoms with Gasteiger partial charge in [0, 0.05) is 24.7 Å². The molecule has 31 unspecified atom stereocenters. The predicted molar refractivity (Wildman–Crippen MR) is 247 cm³/mol. The molecule has 0 aromatic carbocycles. The molecule has 0 aromatic rings. The Morgan fingerprint density at radius 2 is 1.35 bits per heavy atom. The van der Waals surface area contributed by atoms with E-state index < -0.39 is 159 Å². The SMILES string of the molecule is C=C1COC2(OC3CC4C5CC=C6CC(O)CC(OC7OCC(O)C(OC8OCC(O)C(O)C8O)C7OC7OC(C)C(OC(C)=O)C(O)C7O)C6(C)C5CCC4(C)C3C2C)C(O)C1OC1OC(C)C(O)C(O)C1O. The van der Waals surface area contributed by atoms with Crippen LogP contribution in [-0.4, -0.2) is 229 Å². The van der Waals surface area contributed by atoms with Crippen LogP contribution in [0.1, 0.15) is 80.1 Å². The smallest absolute Gasteiger partial charge is 0.303 e. The van der Waals surface area contributed by atoms with Crippen molar-refractivity contribution < 1.29 is 113 Å². The van der Waals surface area contributed by atoms with Crippen LogP contribution in [0, 0.1) is 40.4 Å². The third-order valence-electron chi connectivity index (χ3n) is 19.2. The summed E-state index contributed by atoms with van der Waals surface area (Å²) in [7, 11) is 0. The Bertz CT molecular complexity index is 2080. The molecule has 23 nitrogen and oxygen atoms in total. The highest BCUT2D eigenvalue weighted by Gasteiger charge is 2.72. The first-order valence-electron chi connectivity index (χ1n) is 26.4. The van der Waals surface area contributed by atoms with Gasteiger partial charge >= 0.3 is 5.97 Å². The van der Waals surface area contributed by atoms with Crippen molar-refractivity contribution in [2.45, 2.75) is 227 Å². The van der Waals surface area contributed by atoms with E-state index in [4.69, 9.17) is 52.1 Å². The molecule has 10 aliphatic rings. The number of hydrogen-bond donors (Lipinski definition) is 11. The lowest BCUT2D eigenvalue weighted by Crippen LogP contribution is -2.65. The summed E-state index contributed by atoms with van der Waals surface area (Å²) in [6.07, 6.45) is -25.0. The molecule has 420 valence electrons. The molecule has 0 amide bonds. The highest BCUT2D eigenvalue weighted by atomic mass is 16.8. The van der Waals surface area contributed by atoms with Gasteiger partial charge in [-0.05, 0) is 80.6 Å². The number of rotatable bonds is 9. The minimum Gasteiger partial charge on any atom is -0.457 e. The fourth-order valence-corrected chi connectivity index (χ4v) is 15.3. The Labute approximate surface area is 429 Å². The van der Waals surface area contributed by atoms with Gasteiger partial charge in [0.15, 0.2) is 31.3 Å². The zero-order chi connectivity index (χ0) is 53.2. The molecule has 0 radical (unpaired) electrons. The molecule has 6 aliphatic heterocycles. The number of carbonyl (C=O) groups is 1. The van der Waals surface area contributed by atoms with Gasteiger partial charge in [0.2, 0.25) is 5.79 Å². The zero-order valence-corrected chi connectivity index (χ0v) is 42.6. The maximum atomic E-state index is 12.2. The summed E-state index contributed by atoms with van der Waals surface area (Å²) in [5, 5.41) is 121. The third-order valence-corrected chi connectivity index (χ3v) is 19.2. The molecule has 11 N–H and O–H groups in total. The second-order valence-electron chi connectivity index (χ2n) is 23.4. The molecule has 6 heterocycles. The summed E-state index contributed by atoms with van der Waals surface area (Å²) >= 11 is 0. The number of aliphatic hydroxyl groups excluding tert-OH is 11. The largest absolute Gasteiger partial charge is 0.457 e. The van der Waals surface area contributed by atoms with Crippen LogP contribution in [0.25, 0.3) is 0 Å². The molecule has 10 rings (SSSR count). The van der Waals surface area contributed by atoms with E-state index in [0.717, 1.165) is 31.8 Å². The summed E-state index contributed by atoms with van der Waals surface area (Å²) in [6.45, 7) is 14.0. The van der Waals surface area contributed by atoms with E-state index in [9.17, 15) is 61.0 Å². The van der Waals surface area contributed by atoms with E-state index in [-0.39, 0.29) is 60.7 Å². The van der Waals surface area contributed by atoms with Crippen LogP contribution in [0.2, 0.25) is 0 Å². The fraction of sp³-hybridized carbons (Fsp3) is 0.902. The van der Waals surface area contributed by atoms with Crippen molar-refractivity contribution in [1.29, 1.82) is 0 Å². The second-order valence-corrected chi connectivity index (χ2v) is 23.4. The highest BCUT2D eigenvalue weighted by molar-refractivity contribution is 5.66. The van der Waals surface area contributed by atoms with Crippen LogP contribution in [0.3, 0.4) is 0 Å². The Hall–Kier alpha value is -1.89. The number of fused-ring (bicyclic) bond motifs is 7. The van der Waals surface area contributed by atoms with Gasteiger partial charge in [0.05, 0.1) is 50.3 Å². The molecule has 74 heavy (non-hydrogen) atoms. The number of hydrogen-bond acceptors (Lipinski definition) is 23. The number of esters is 1. The molecular formula is C51H78O23. The van der Waals surface area contributed by atoms with Crippen molar-refractivity contribution in [2.24, 2.45) is 40.4 Å². The minimum absolute atomic E-state index is 0.00302. The maximum Gasteiger partial charge on any atom is 0.303 e. The molecule has 9 fully saturated rings. The zero-order valence-electron chi connectivity index (χ0n) is 42.6. The Morgan fingerprint density at radius 1 is 0.703 bits per heavy atom. The summed E-state index contributed by atoms with van der Waals surface area (Å²) in [4.78, 5) is 11.9. The molecule has 0 bridgehead atoms. The average Bonchev–Trinajstić information content (AvgIpc) is 3.87. The number of allylic oxidation sites excluding steroid dienone is 1. The minimum atomic E-state index is -1.81. The molecule has 23 heteroatoms. The summed E-state index contributed by atoms with van der Waals surface area (Å²) in [5.41, 5.74) is 0.439. The van der Waals surface area contributed by atoms with Crippen LogP contribution in [0.5, 0.6) is 0 Å². The van der Waals surface area contributed by atoms with Crippen molar-refractivity contribution in [3.05, 3.63) is 23.8 Å². The van der Waals surface area contributed by atoms with Crippen LogP contribution in [-0.2, 0) is 56.9 Å². The third kappa shape index (κ3) is 9.07. The van der Waals surface area contributed by atoms with Crippen molar-refractivity contribution in [3.8, 4) is 0 Å². The van der Waals surface area contributed by atoms with Crippen LogP contribution < -0.4 is 0 Å². The molecule has 0 aromatic heterocycles. The first kappa shape index (κ1) is 55.4. The van der Waals surface area contributed by atoms with Gasteiger partial charge in [0.1, 0.15) is 79.4 Å². The van der Waals surface area contributed by atoms with E-state index in [1.165, 1.54) is 6.92 Å². The summed E-state index contributed by atoms with van der Waals surface area (Å²) < 4.78 is 68.0. The lowest BCUT2D eigenvalue weighted by Gasteiger charge is -2.60. The van der Waals surface area contributed by atoms with Gasteiger partial charge in [-0.2, -0.15) is 0 Å². The van der Waals surface area contributed by atoms with Crippen molar-refractivity contribution in [2.75, 3.05) is 19.8 Å². The Kier molecular flexibility index (Phi) is 15.5.